The lowest BCUT2D eigenvalue weighted by atomic mass is 10.1. The lowest BCUT2D eigenvalue weighted by Crippen LogP contribution is -2.27. The first-order valence-electron chi connectivity index (χ1n) is 4.94. The van der Waals surface area contributed by atoms with E-state index < -0.39 is 5.97 Å². The number of carboxylic acids is 1. The molecule has 0 spiro atoms. The zero-order chi connectivity index (χ0) is 11.7. The van der Waals surface area contributed by atoms with Gasteiger partial charge in [0.1, 0.15) is 0 Å². The smallest absolute Gasteiger partial charge is 0.303 e. The van der Waals surface area contributed by atoms with E-state index in [2.05, 4.69) is 5.32 Å². The molecule has 0 fully saturated rings. The SMILES string of the molecule is CC(C#N)CNC(=O)CCCCC(=O)O. The van der Waals surface area contributed by atoms with Gasteiger partial charge in [0.2, 0.25) is 5.91 Å². The van der Waals surface area contributed by atoms with Crippen LogP contribution in [0.4, 0.5) is 0 Å². The number of carbonyl (C=O) groups is 2. The van der Waals surface area contributed by atoms with Crippen LogP contribution in [0.15, 0.2) is 0 Å². The first-order chi connectivity index (χ1) is 7.06. The molecule has 0 aromatic heterocycles. The van der Waals surface area contributed by atoms with Gasteiger partial charge in [-0.2, -0.15) is 5.26 Å². The van der Waals surface area contributed by atoms with Crippen molar-refractivity contribution in [3.05, 3.63) is 0 Å². The monoisotopic (exact) mass is 212 g/mol. The summed E-state index contributed by atoms with van der Waals surface area (Å²) in [5, 5.41) is 19.4. The minimum atomic E-state index is -0.839. The zero-order valence-corrected chi connectivity index (χ0v) is 8.82. The van der Waals surface area contributed by atoms with Crippen molar-refractivity contribution in [3.8, 4) is 6.07 Å². The first-order valence-corrected chi connectivity index (χ1v) is 4.94. The van der Waals surface area contributed by atoms with Crippen LogP contribution >= 0.6 is 0 Å². The molecule has 0 aliphatic carbocycles. The average molecular weight is 212 g/mol. The number of amides is 1. The summed E-state index contributed by atoms with van der Waals surface area (Å²) in [5.41, 5.74) is 0. The van der Waals surface area contributed by atoms with Crippen LogP contribution in [-0.4, -0.2) is 23.5 Å². The normalized spacial score (nSPS) is 11.5. The maximum Gasteiger partial charge on any atom is 0.303 e. The van der Waals surface area contributed by atoms with Gasteiger partial charge in [-0.25, -0.2) is 0 Å². The molecule has 1 unspecified atom stereocenters. The summed E-state index contributed by atoms with van der Waals surface area (Å²) < 4.78 is 0. The summed E-state index contributed by atoms with van der Waals surface area (Å²) in [7, 11) is 0. The summed E-state index contributed by atoms with van der Waals surface area (Å²) in [6.45, 7) is 2.08. The summed E-state index contributed by atoms with van der Waals surface area (Å²) in [5.74, 6) is -1.15. The van der Waals surface area contributed by atoms with E-state index in [-0.39, 0.29) is 18.2 Å². The molecule has 0 rings (SSSR count). The van der Waals surface area contributed by atoms with E-state index in [0.29, 0.717) is 25.8 Å². The first kappa shape index (κ1) is 13.4. The number of nitriles is 1. The van der Waals surface area contributed by atoms with Crippen molar-refractivity contribution in [2.75, 3.05) is 6.54 Å². The molecule has 5 nitrogen and oxygen atoms in total. The molecule has 1 atom stereocenters. The number of aliphatic carboxylic acids is 1. The van der Waals surface area contributed by atoms with Crippen molar-refractivity contribution in [1.29, 1.82) is 5.26 Å². The highest BCUT2D eigenvalue weighted by molar-refractivity contribution is 5.75. The quantitative estimate of drug-likeness (QED) is 0.613. The minimum absolute atomic E-state index is 0.0991. The fraction of sp³-hybridized carbons (Fsp3) is 0.700. The molecular weight excluding hydrogens is 196 g/mol. The van der Waals surface area contributed by atoms with Crippen molar-refractivity contribution in [3.63, 3.8) is 0 Å². The predicted octanol–water partition coefficient (Wildman–Crippen LogP) is 0.907. The fourth-order valence-electron chi connectivity index (χ4n) is 0.963. The van der Waals surface area contributed by atoms with Crippen molar-refractivity contribution < 1.29 is 14.7 Å². The molecule has 0 saturated heterocycles. The van der Waals surface area contributed by atoms with Gasteiger partial charge in [0.25, 0.3) is 0 Å². The Kier molecular flexibility index (Phi) is 6.98. The van der Waals surface area contributed by atoms with Crippen LogP contribution in [0.5, 0.6) is 0 Å². The second kappa shape index (κ2) is 7.80. The number of nitrogens with one attached hydrogen (secondary N) is 1. The standard InChI is InChI=1S/C10H16N2O3/c1-8(6-11)7-12-9(13)4-2-3-5-10(14)15/h8H,2-5,7H2,1H3,(H,12,13)(H,14,15). The van der Waals surface area contributed by atoms with Gasteiger partial charge in [0.15, 0.2) is 0 Å². The molecule has 0 aromatic carbocycles. The maximum atomic E-state index is 11.1. The summed E-state index contributed by atoms with van der Waals surface area (Å²) in [4.78, 5) is 21.3. The minimum Gasteiger partial charge on any atom is -0.481 e. The summed E-state index contributed by atoms with van der Waals surface area (Å²) in [6.07, 6.45) is 1.50. The molecule has 0 saturated carbocycles. The lowest BCUT2D eigenvalue weighted by molar-refractivity contribution is -0.137. The lowest BCUT2D eigenvalue weighted by Gasteiger charge is -2.05. The molecule has 0 bridgehead atoms. The van der Waals surface area contributed by atoms with Crippen LogP contribution in [0.3, 0.4) is 0 Å². The predicted molar refractivity (Wildman–Crippen MR) is 53.9 cm³/mol. The molecule has 84 valence electrons. The number of carboxylic acid groups (broad SMARTS) is 1. The van der Waals surface area contributed by atoms with Crippen LogP contribution in [0, 0.1) is 17.2 Å². The van der Waals surface area contributed by atoms with E-state index in [0.717, 1.165) is 0 Å². The molecule has 5 heteroatoms. The Balaban J connectivity index is 3.42. The second-order valence-electron chi connectivity index (χ2n) is 3.44. The molecular formula is C10H16N2O3. The Morgan fingerprint density at radius 2 is 2.00 bits per heavy atom. The topological polar surface area (TPSA) is 90.2 Å². The third kappa shape index (κ3) is 8.75. The van der Waals surface area contributed by atoms with Crippen LogP contribution in [0.1, 0.15) is 32.6 Å². The molecule has 0 radical (unpaired) electrons. The van der Waals surface area contributed by atoms with E-state index in [9.17, 15) is 9.59 Å². The molecule has 1 amide bonds. The van der Waals surface area contributed by atoms with Crippen LogP contribution in [0.2, 0.25) is 0 Å². The van der Waals surface area contributed by atoms with Gasteiger partial charge < -0.3 is 10.4 Å². The highest BCUT2D eigenvalue weighted by Gasteiger charge is 2.04. The Labute approximate surface area is 89.1 Å². The van der Waals surface area contributed by atoms with Crippen molar-refractivity contribution in [2.45, 2.75) is 32.6 Å². The molecule has 15 heavy (non-hydrogen) atoms. The van der Waals surface area contributed by atoms with Gasteiger partial charge in [0, 0.05) is 19.4 Å². The number of rotatable bonds is 7. The third-order valence-electron chi connectivity index (χ3n) is 1.87. The third-order valence-corrected chi connectivity index (χ3v) is 1.87. The molecule has 0 aromatic rings. The summed E-state index contributed by atoms with van der Waals surface area (Å²) in [6, 6.07) is 2.01. The molecule has 0 aliphatic heterocycles. The van der Waals surface area contributed by atoms with Crippen LogP contribution in [-0.2, 0) is 9.59 Å². The van der Waals surface area contributed by atoms with Crippen molar-refractivity contribution >= 4 is 11.9 Å². The van der Waals surface area contributed by atoms with E-state index in [1.807, 2.05) is 6.07 Å². The largest absolute Gasteiger partial charge is 0.481 e. The Bertz CT molecular complexity index is 258. The van der Waals surface area contributed by atoms with Crippen molar-refractivity contribution in [2.24, 2.45) is 5.92 Å². The summed E-state index contributed by atoms with van der Waals surface area (Å²) >= 11 is 0. The highest BCUT2D eigenvalue weighted by Crippen LogP contribution is 1.99. The second-order valence-corrected chi connectivity index (χ2v) is 3.44. The highest BCUT2D eigenvalue weighted by atomic mass is 16.4. The van der Waals surface area contributed by atoms with Crippen molar-refractivity contribution in [1.82, 2.24) is 5.32 Å². The Hall–Kier alpha value is -1.57. The van der Waals surface area contributed by atoms with Gasteiger partial charge >= 0.3 is 5.97 Å². The van der Waals surface area contributed by atoms with Crippen LogP contribution in [0.25, 0.3) is 0 Å². The maximum absolute atomic E-state index is 11.1. The number of nitrogens with zero attached hydrogens (tertiary/aromatic N) is 1. The van der Waals surface area contributed by atoms with E-state index >= 15 is 0 Å². The molecule has 2 N–H and O–H groups in total. The number of carbonyl (C=O) groups excluding carboxylic acids is 1. The fourth-order valence-corrected chi connectivity index (χ4v) is 0.963. The number of hydrogen-bond acceptors (Lipinski definition) is 3. The zero-order valence-electron chi connectivity index (χ0n) is 8.82. The Morgan fingerprint density at radius 1 is 1.40 bits per heavy atom. The number of hydrogen-bond donors (Lipinski definition) is 2. The van der Waals surface area contributed by atoms with Gasteiger partial charge in [-0.05, 0) is 19.8 Å². The molecule has 0 heterocycles. The van der Waals surface area contributed by atoms with E-state index in [1.165, 1.54) is 0 Å². The average Bonchev–Trinajstić information content (AvgIpc) is 2.20. The van der Waals surface area contributed by atoms with Gasteiger partial charge in [-0.15, -0.1) is 0 Å². The number of unbranched alkanes of at least 4 members (excludes halogenated alkanes) is 1. The Morgan fingerprint density at radius 3 is 2.53 bits per heavy atom. The van der Waals surface area contributed by atoms with E-state index in [1.54, 1.807) is 6.92 Å². The molecule has 0 aliphatic rings. The van der Waals surface area contributed by atoms with Gasteiger partial charge in [-0.3, -0.25) is 9.59 Å². The van der Waals surface area contributed by atoms with Crippen LogP contribution < -0.4 is 5.32 Å². The van der Waals surface area contributed by atoms with Gasteiger partial charge in [0.05, 0.1) is 12.0 Å². The van der Waals surface area contributed by atoms with Gasteiger partial charge in [-0.1, -0.05) is 0 Å². The van der Waals surface area contributed by atoms with E-state index in [4.69, 9.17) is 10.4 Å².